The van der Waals surface area contributed by atoms with E-state index < -0.39 is 7.59 Å². The first-order valence-corrected chi connectivity index (χ1v) is 5.46. The van der Waals surface area contributed by atoms with Crippen molar-refractivity contribution in [3.05, 3.63) is 23.5 Å². The lowest BCUT2D eigenvalue weighted by molar-refractivity contribution is 0.879. The largest absolute Gasteiger partial charge is 0.234 e. The maximum atomic E-state index is 5.55. The van der Waals surface area contributed by atoms with Crippen LogP contribution in [0, 0.1) is 0 Å². The first-order chi connectivity index (χ1) is 6.21. The molecule has 1 aromatic heterocycles. The summed E-state index contributed by atoms with van der Waals surface area (Å²) >= 11 is 33.3. The Hall–Kier alpha value is 0.820. The second kappa shape index (κ2) is 4.36. The van der Waals surface area contributed by atoms with Gasteiger partial charge < -0.3 is 0 Å². The quantitative estimate of drug-likeness (QED) is 0.673. The number of hydrogen-bond acceptors (Lipinski definition) is 2. The van der Waals surface area contributed by atoms with E-state index in [-0.39, 0.29) is 11.4 Å². The molecule has 0 aliphatic heterocycles. The van der Waals surface area contributed by atoms with Crippen LogP contribution in [0.1, 0.15) is 11.4 Å². The van der Waals surface area contributed by atoms with E-state index in [4.69, 9.17) is 69.6 Å². The Bertz CT molecular complexity index is 278. The zero-order valence-electron chi connectivity index (χ0n) is 6.32. The molecule has 0 bridgehead atoms. The van der Waals surface area contributed by atoms with Crippen molar-refractivity contribution < 1.29 is 0 Å². The van der Waals surface area contributed by atoms with Crippen molar-refractivity contribution in [2.45, 2.75) is 7.59 Å². The van der Waals surface area contributed by atoms with Crippen LogP contribution in [-0.2, 0) is 7.59 Å². The zero-order valence-corrected chi connectivity index (χ0v) is 10.9. The van der Waals surface area contributed by atoms with Crippen LogP contribution in [0.15, 0.2) is 12.1 Å². The fourth-order valence-electron chi connectivity index (χ4n) is 0.635. The van der Waals surface area contributed by atoms with E-state index in [0.717, 1.165) is 0 Å². The first kappa shape index (κ1) is 12.9. The molecule has 8 heteroatoms. The number of rotatable bonds is 0. The summed E-state index contributed by atoms with van der Waals surface area (Å²) in [7, 11) is 0. The minimum Gasteiger partial charge on any atom is -0.151 e. The van der Waals surface area contributed by atoms with Crippen LogP contribution in [0.25, 0.3) is 0 Å². The highest BCUT2D eigenvalue weighted by Crippen LogP contribution is 2.39. The Labute approximate surface area is 110 Å². The standard InChI is InChI=1S/C6H2Cl6N2/c7-5(8,9)3-1-2-4(14-13-3)6(10,11)12/h1-2H. The maximum absolute atomic E-state index is 5.55. The molecule has 0 saturated carbocycles. The fraction of sp³-hybridized carbons (Fsp3) is 0.333. The Morgan fingerprint density at radius 2 is 1.00 bits per heavy atom. The normalized spacial score (nSPS) is 13.0. The van der Waals surface area contributed by atoms with E-state index in [0.29, 0.717) is 0 Å². The highest BCUT2D eigenvalue weighted by atomic mass is 35.6. The maximum Gasteiger partial charge on any atom is 0.234 e. The topological polar surface area (TPSA) is 25.8 Å². The van der Waals surface area contributed by atoms with Gasteiger partial charge in [-0.15, -0.1) is 0 Å². The van der Waals surface area contributed by atoms with Crippen molar-refractivity contribution in [3.8, 4) is 0 Å². The molecule has 1 rings (SSSR count). The smallest absolute Gasteiger partial charge is 0.151 e. The Morgan fingerprint density at radius 1 is 0.714 bits per heavy atom. The third kappa shape index (κ3) is 3.44. The molecule has 0 aromatic carbocycles. The van der Waals surface area contributed by atoms with Crippen LogP contribution in [0.2, 0.25) is 0 Å². The molecule has 78 valence electrons. The molecular weight excluding hydrogens is 313 g/mol. The summed E-state index contributed by atoms with van der Waals surface area (Å²) in [6.07, 6.45) is 0. The van der Waals surface area contributed by atoms with Gasteiger partial charge in [0.1, 0.15) is 11.4 Å². The van der Waals surface area contributed by atoms with Crippen LogP contribution < -0.4 is 0 Å². The van der Waals surface area contributed by atoms with Gasteiger partial charge in [-0.1, -0.05) is 69.6 Å². The molecule has 0 amide bonds. The predicted molar refractivity (Wildman–Crippen MR) is 60.5 cm³/mol. The number of nitrogens with zero attached hydrogens (tertiary/aromatic N) is 2. The van der Waals surface area contributed by atoms with E-state index in [1.165, 1.54) is 12.1 Å². The highest BCUT2D eigenvalue weighted by molar-refractivity contribution is 6.67. The van der Waals surface area contributed by atoms with Gasteiger partial charge in [-0.2, -0.15) is 10.2 Å². The van der Waals surface area contributed by atoms with Gasteiger partial charge in [-0.25, -0.2) is 0 Å². The fourth-order valence-corrected chi connectivity index (χ4v) is 1.24. The molecule has 0 aliphatic carbocycles. The lowest BCUT2D eigenvalue weighted by Gasteiger charge is -2.12. The highest BCUT2D eigenvalue weighted by Gasteiger charge is 2.29. The summed E-state index contributed by atoms with van der Waals surface area (Å²) in [6.45, 7) is 0. The molecule has 0 saturated heterocycles. The molecule has 1 aromatic rings. The summed E-state index contributed by atoms with van der Waals surface area (Å²) in [5.74, 6) is 0. The predicted octanol–water partition coefficient (Wildman–Crippen LogP) is 4.13. The van der Waals surface area contributed by atoms with Gasteiger partial charge in [0.15, 0.2) is 0 Å². The van der Waals surface area contributed by atoms with Crippen LogP contribution >= 0.6 is 69.6 Å². The Morgan fingerprint density at radius 3 is 1.14 bits per heavy atom. The third-order valence-corrected chi connectivity index (χ3v) is 2.41. The van der Waals surface area contributed by atoms with Gasteiger partial charge in [0.2, 0.25) is 7.59 Å². The van der Waals surface area contributed by atoms with E-state index >= 15 is 0 Å². The molecule has 0 N–H and O–H groups in total. The van der Waals surface area contributed by atoms with Crippen molar-refractivity contribution in [3.63, 3.8) is 0 Å². The van der Waals surface area contributed by atoms with Crippen molar-refractivity contribution in [1.82, 2.24) is 10.2 Å². The van der Waals surface area contributed by atoms with Crippen LogP contribution in [-0.4, -0.2) is 10.2 Å². The number of hydrogen-bond donors (Lipinski definition) is 0. The average Bonchev–Trinajstić information content (AvgIpc) is 2.01. The SMILES string of the molecule is ClC(Cl)(Cl)c1ccc(C(Cl)(Cl)Cl)nn1. The first-order valence-electron chi connectivity index (χ1n) is 3.19. The lowest BCUT2D eigenvalue weighted by Crippen LogP contribution is -2.10. The minimum atomic E-state index is -1.63. The zero-order chi connectivity index (χ0) is 11.0. The summed E-state index contributed by atoms with van der Waals surface area (Å²) in [5, 5.41) is 7.23. The summed E-state index contributed by atoms with van der Waals surface area (Å²) in [5.41, 5.74) is 0.334. The van der Waals surface area contributed by atoms with E-state index in [2.05, 4.69) is 10.2 Å². The van der Waals surface area contributed by atoms with Crippen LogP contribution in [0.5, 0.6) is 0 Å². The molecule has 0 fully saturated rings. The lowest BCUT2D eigenvalue weighted by atomic mass is 10.3. The van der Waals surface area contributed by atoms with Crippen molar-refractivity contribution in [2.75, 3.05) is 0 Å². The molecule has 0 aliphatic rings. The van der Waals surface area contributed by atoms with E-state index in [9.17, 15) is 0 Å². The number of alkyl halides is 6. The van der Waals surface area contributed by atoms with Crippen molar-refractivity contribution in [2.24, 2.45) is 0 Å². The molecular formula is C6H2Cl6N2. The van der Waals surface area contributed by atoms with Gasteiger partial charge in [0, 0.05) is 0 Å². The van der Waals surface area contributed by atoms with Crippen molar-refractivity contribution in [1.29, 1.82) is 0 Å². The van der Waals surface area contributed by atoms with E-state index in [1.54, 1.807) is 0 Å². The number of halogens is 6. The summed E-state index contributed by atoms with van der Waals surface area (Å²) < 4.78 is -3.25. The van der Waals surface area contributed by atoms with Gasteiger partial charge in [0.05, 0.1) is 0 Å². The van der Waals surface area contributed by atoms with Gasteiger partial charge in [-0.05, 0) is 12.1 Å². The van der Waals surface area contributed by atoms with Crippen LogP contribution in [0.4, 0.5) is 0 Å². The number of aromatic nitrogens is 2. The van der Waals surface area contributed by atoms with Gasteiger partial charge >= 0.3 is 0 Å². The summed E-state index contributed by atoms with van der Waals surface area (Å²) in [4.78, 5) is 0. The second-order valence-electron chi connectivity index (χ2n) is 2.30. The van der Waals surface area contributed by atoms with Crippen molar-refractivity contribution >= 4 is 69.6 Å². The third-order valence-electron chi connectivity index (χ3n) is 1.25. The van der Waals surface area contributed by atoms with E-state index in [1.807, 2.05) is 0 Å². The molecule has 0 unspecified atom stereocenters. The monoisotopic (exact) mass is 312 g/mol. The summed E-state index contributed by atoms with van der Waals surface area (Å²) in [6, 6.07) is 2.86. The molecule has 0 radical (unpaired) electrons. The minimum absolute atomic E-state index is 0.167. The van der Waals surface area contributed by atoms with Gasteiger partial charge in [-0.3, -0.25) is 0 Å². The Balaban J connectivity index is 3.02. The Kier molecular flexibility index (Phi) is 4.02. The molecule has 1 heterocycles. The molecule has 0 atom stereocenters. The van der Waals surface area contributed by atoms with Gasteiger partial charge in [0.25, 0.3) is 0 Å². The molecule has 2 nitrogen and oxygen atoms in total. The average molecular weight is 315 g/mol. The molecule has 0 spiro atoms. The molecule has 14 heavy (non-hydrogen) atoms. The van der Waals surface area contributed by atoms with Crippen LogP contribution in [0.3, 0.4) is 0 Å². The second-order valence-corrected chi connectivity index (χ2v) is 6.86.